The van der Waals surface area contributed by atoms with Gasteiger partial charge in [0, 0.05) is 50.0 Å². The molecule has 29 heavy (non-hydrogen) atoms. The van der Waals surface area contributed by atoms with E-state index in [0.717, 1.165) is 79.0 Å². The van der Waals surface area contributed by atoms with E-state index in [9.17, 15) is 4.79 Å². The molecule has 1 aromatic carbocycles. The zero-order valence-electron chi connectivity index (χ0n) is 16.6. The number of nitrogens with zero attached hydrogens (tertiary/aromatic N) is 4. The summed E-state index contributed by atoms with van der Waals surface area (Å²) in [7, 11) is 0. The summed E-state index contributed by atoms with van der Waals surface area (Å²) < 4.78 is 5.45. The van der Waals surface area contributed by atoms with Crippen LogP contribution in [-0.2, 0) is 6.42 Å². The molecular formula is C23H24N4O2. The summed E-state index contributed by atoms with van der Waals surface area (Å²) in [5, 5.41) is 5.36. The van der Waals surface area contributed by atoms with Gasteiger partial charge in [-0.1, -0.05) is 23.4 Å². The van der Waals surface area contributed by atoms with Crippen LogP contribution in [0.3, 0.4) is 0 Å². The van der Waals surface area contributed by atoms with Crippen molar-refractivity contribution in [3.8, 4) is 0 Å². The van der Waals surface area contributed by atoms with Crippen LogP contribution in [0, 0.1) is 6.92 Å². The molecule has 0 spiro atoms. The Bertz CT molecular complexity index is 1100. The molecule has 0 N–H and O–H groups in total. The molecule has 6 heteroatoms. The van der Waals surface area contributed by atoms with Crippen molar-refractivity contribution in [2.45, 2.75) is 19.8 Å². The number of carbonyl (C=O) groups excluding carboxylic acids is 1. The van der Waals surface area contributed by atoms with Crippen molar-refractivity contribution in [2.24, 2.45) is 0 Å². The highest BCUT2D eigenvalue weighted by atomic mass is 16.5. The molecule has 0 atom stereocenters. The summed E-state index contributed by atoms with van der Waals surface area (Å²) in [6, 6.07) is 10.0. The first-order valence-electron chi connectivity index (χ1n) is 10.2. The fraction of sp³-hybridized carbons (Fsp3) is 0.348. The number of fused-ring (bicyclic) bond motifs is 2. The highest BCUT2D eigenvalue weighted by molar-refractivity contribution is 5.96. The number of hydrogen-bond acceptors (Lipinski definition) is 5. The highest BCUT2D eigenvalue weighted by Crippen LogP contribution is 2.28. The molecule has 0 saturated carbocycles. The second-order valence-corrected chi connectivity index (χ2v) is 7.83. The van der Waals surface area contributed by atoms with Gasteiger partial charge >= 0.3 is 0 Å². The molecule has 148 valence electrons. The first-order chi connectivity index (χ1) is 14.2. The van der Waals surface area contributed by atoms with Gasteiger partial charge in [0.1, 0.15) is 5.69 Å². The number of aromatic nitrogens is 2. The average Bonchev–Trinajstić information content (AvgIpc) is 3.18. The van der Waals surface area contributed by atoms with E-state index in [1.165, 1.54) is 5.57 Å². The van der Waals surface area contributed by atoms with E-state index in [2.05, 4.69) is 27.2 Å². The molecule has 0 bridgehead atoms. The van der Waals surface area contributed by atoms with Crippen LogP contribution < -0.4 is 0 Å². The van der Waals surface area contributed by atoms with Crippen LogP contribution in [0.2, 0.25) is 0 Å². The number of aryl methyl sites for hydroxylation is 1. The minimum atomic E-state index is 0.112. The van der Waals surface area contributed by atoms with Crippen molar-refractivity contribution in [1.82, 2.24) is 19.9 Å². The Labute approximate surface area is 169 Å². The topological polar surface area (TPSA) is 62.5 Å². The van der Waals surface area contributed by atoms with Crippen LogP contribution in [-0.4, -0.2) is 58.6 Å². The molecule has 2 aliphatic rings. The van der Waals surface area contributed by atoms with Crippen LogP contribution in [0.5, 0.6) is 0 Å². The van der Waals surface area contributed by atoms with Gasteiger partial charge in [0.2, 0.25) is 0 Å². The predicted octanol–water partition coefficient (Wildman–Crippen LogP) is 3.32. The van der Waals surface area contributed by atoms with Crippen molar-refractivity contribution in [1.29, 1.82) is 0 Å². The lowest BCUT2D eigenvalue weighted by atomic mass is 10.00. The number of para-hydroxylation sites is 1. The summed E-state index contributed by atoms with van der Waals surface area (Å²) >= 11 is 0. The first kappa shape index (κ1) is 18.1. The Morgan fingerprint density at radius 2 is 2.03 bits per heavy atom. The Morgan fingerprint density at radius 1 is 1.14 bits per heavy atom. The van der Waals surface area contributed by atoms with Crippen molar-refractivity contribution in [3.63, 3.8) is 0 Å². The standard InChI is InChI=1S/C23H24N4O2/c1-16-14-18-8-11-27(23(28)20(18)15-24-16)13-12-26-9-6-17(7-10-26)22-19-4-2-3-5-21(19)29-25-22/h2-6,14-15H,7-13H2,1H3. The second-order valence-electron chi connectivity index (χ2n) is 7.83. The molecule has 6 nitrogen and oxygen atoms in total. The van der Waals surface area contributed by atoms with Crippen LogP contribution in [0.15, 0.2) is 47.1 Å². The maximum Gasteiger partial charge on any atom is 0.255 e. The van der Waals surface area contributed by atoms with Gasteiger partial charge in [-0.25, -0.2) is 0 Å². The van der Waals surface area contributed by atoms with E-state index in [0.29, 0.717) is 0 Å². The molecule has 0 fully saturated rings. The summed E-state index contributed by atoms with van der Waals surface area (Å²) in [6.07, 6.45) is 5.83. The van der Waals surface area contributed by atoms with Gasteiger partial charge in [-0.05, 0) is 49.1 Å². The Balaban J connectivity index is 1.21. The van der Waals surface area contributed by atoms with Crippen molar-refractivity contribution in [2.75, 3.05) is 32.7 Å². The van der Waals surface area contributed by atoms with Crippen LogP contribution >= 0.6 is 0 Å². The highest BCUT2D eigenvalue weighted by Gasteiger charge is 2.25. The fourth-order valence-electron chi connectivity index (χ4n) is 4.27. The van der Waals surface area contributed by atoms with Gasteiger partial charge in [-0.2, -0.15) is 0 Å². The molecule has 2 aliphatic heterocycles. The third-order valence-electron chi connectivity index (χ3n) is 5.96. The van der Waals surface area contributed by atoms with E-state index < -0.39 is 0 Å². The molecule has 2 aromatic heterocycles. The molecular weight excluding hydrogens is 364 g/mol. The number of pyridine rings is 1. The van der Waals surface area contributed by atoms with Crippen molar-refractivity contribution >= 4 is 22.4 Å². The van der Waals surface area contributed by atoms with Gasteiger partial charge < -0.3 is 9.42 Å². The van der Waals surface area contributed by atoms with Gasteiger partial charge in [0.15, 0.2) is 5.58 Å². The van der Waals surface area contributed by atoms with Gasteiger partial charge in [0.25, 0.3) is 5.91 Å². The summed E-state index contributed by atoms with van der Waals surface area (Å²) in [4.78, 5) is 21.4. The average molecular weight is 388 g/mol. The maximum absolute atomic E-state index is 12.8. The molecule has 0 radical (unpaired) electrons. The Morgan fingerprint density at radius 3 is 2.90 bits per heavy atom. The third-order valence-corrected chi connectivity index (χ3v) is 5.96. The Hall–Kier alpha value is -2.99. The zero-order valence-corrected chi connectivity index (χ0v) is 16.6. The van der Waals surface area contributed by atoms with Crippen molar-refractivity contribution in [3.05, 3.63) is 65.1 Å². The number of carbonyl (C=O) groups is 1. The molecule has 4 heterocycles. The van der Waals surface area contributed by atoms with Gasteiger partial charge in [0.05, 0.1) is 5.56 Å². The lowest BCUT2D eigenvalue weighted by molar-refractivity contribution is 0.0720. The Kier molecular flexibility index (Phi) is 4.64. The van der Waals surface area contributed by atoms with Crippen LogP contribution in [0.1, 0.15) is 33.7 Å². The SMILES string of the molecule is Cc1cc2c(cn1)C(=O)N(CCN1CC=C(c3noc4ccccc34)CC1)CC2. The van der Waals surface area contributed by atoms with Crippen LogP contribution in [0.25, 0.3) is 16.5 Å². The summed E-state index contributed by atoms with van der Waals surface area (Å²) in [6.45, 7) is 6.22. The molecule has 3 aromatic rings. The van der Waals surface area contributed by atoms with E-state index in [1.807, 2.05) is 36.1 Å². The van der Waals surface area contributed by atoms with Gasteiger partial charge in [-0.3, -0.25) is 14.7 Å². The van der Waals surface area contributed by atoms with Crippen LogP contribution in [0.4, 0.5) is 0 Å². The molecule has 1 amide bonds. The third kappa shape index (κ3) is 3.44. The van der Waals surface area contributed by atoms with E-state index >= 15 is 0 Å². The normalized spacial score (nSPS) is 17.5. The second kappa shape index (κ2) is 7.44. The number of amides is 1. The number of benzene rings is 1. The van der Waals surface area contributed by atoms with Crippen molar-refractivity contribution < 1.29 is 9.32 Å². The van der Waals surface area contributed by atoms with Gasteiger partial charge in [-0.15, -0.1) is 0 Å². The summed E-state index contributed by atoms with van der Waals surface area (Å²) in [5.41, 5.74) is 5.91. The number of hydrogen-bond donors (Lipinski definition) is 0. The lowest BCUT2D eigenvalue weighted by Crippen LogP contribution is -2.43. The molecule has 5 rings (SSSR count). The quantitative estimate of drug-likeness (QED) is 0.686. The summed E-state index contributed by atoms with van der Waals surface area (Å²) in [5.74, 6) is 0.112. The zero-order chi connectivity index (χ0) is 19.8. The van der Waals surface area contributed by atoms with E-state index in [1.54, 1.807) is 6.20 Å². The number of rotatable bonds is 4. The first-order valence-corrected chi connectivity index (χ1v) is 10.2. The molecule has 0 aliphatic carbocycles. The minimum absolute atomic E-state index is 0.112. The monoisotopic (exact) mass is 388 g/mol. The van der Waals surface area contributed by atoms with E-state index in [-0.39, 0.29) is 5.91 Å². The predicted molar refractivity (Wildman–Crippen MR) is 112 cm³/mol. The molecule has 0 unspecified atom stereocenters. The fourth-order valence-corrected chi connectivity index (χ4v) is 4.27. The largest absolute Gasteiger partial charge is 0.356 e. The lowest BCUT2D eigenvalue weighted by Gasteiger charge is -2.32. The minimum Gasteiger partial charge on any atom is -0.356 e. The van der Waals surface area contributed by atoms with E-state index in [4.69, 9.17) is 4.52 Å². The molecule has 0 saturated heterocycles. The smallest absolute Gasteiger partial charge is 0.255 e. The maximum atomic E-state index is 12.8.